The maximum Gasteiger partial charge on any atom is 0.203 e. The van der Waals surface area contributed by atoms with Crippen molar-refractivity contribution in [3.63, 3.8) is 0 Å². The third kappa shape index (κ3) is 3.73. The maximum atomic E-state index is 5.58. The van der Waals surface area contributed by atoms with Crippen molar-refractivity contribution in [1.82, 2.24) is 9.55 Å². The van der Waals surface area contributed by atoms with Crippen LogP contribution in [0.3, 0.4) is 0 Å². The van der Waals surface area contributed by atoms with Gasteiger partial charge in [0.05, 0.1) is 12.6 Å². The molecule has 1 unspecified atom stereocenters. The van der Waals surface area contributed by atoms with E-state index in [0.717, 1.165) is 19.1 Å². The van der Waals surface area contributed by atoms with Crippen LogP contribution < -0.4 is 5.32 Å². The fourth-order valence-corrected chi connectivity index (χ4v) is 2.64. The van der Waals surface area contributed by atoms with Gasteiger partial charge in [0.15, 0.2) is 0 Å². The summed E-state index contributed by atoms with van der Waals surface area (Å²) in [6.07, 6.45) is 10.7. The molecule has 102 valence electrons. The van der Waals surface area contributed by atoms with Gasteiger partial charge in [0.2, 0.25) is 5.95 Å². The smallest absolute Gasteiger partial charge is 0.203 e. The normalized spacial score (nSPS) is 18.8. The summed E-state index contributed by atoms with van der Waals surface area (Å²) in [6, 6.07) is 0.599. The highest BCUT2D eigenvalue weighted by Crippen LogP contribution is 2.21. The van der Waals surface area contributed by atoms with Crippen LogP contribution in [0, 0.1) is 0 Å². The zero-order chi connectivity index (χ0) is 12.8. The molecule has 1 atom stereocenters. The first kappa shape index (κ1) is 13.4. The Morgan fingerprint density at radius 1 is 1.44 bits per heavy atom. The molecule has 1 aromatic rings. The summed E-state index contributed by atoms with van der Waals surface area (Å²) in [5.74, 6) is 0.994. The molecule has 0 saturated heterocycles. The second-order valence-electron chi connectivity index (χ2n) is 5.15. The van der Waals surface area contributed by atoms with Crippen LogP contribution in [0.25, 0.3) is 0 Å². The van der Waals surface area contributed by atoms with Gasteiger partial charge in [-0.05, 0) is 26.7 Å². The first-order chi connectivity index (χ1) is 8.79. The molecular weight excluding hydrogens is 226 g/mol. The summed E-state index contributed by atoms with van der Waals surface area (Å²) in [5.41, 5.74) is 0. The molecule has 0 aliphatic heterocycles. The van der Waals surface area contributed by atoms with E-state index in [9.17, 15) is 0 Å². The van der Waals surface area contributed by atoms with Crippen molar-refractivity contribution in [3.8, 4) is 0 Å². The number of ether oxygens (including phenoxy) is 1. The number of aromatic nitrogens is 2. The van der Waals surface area contributed by atoms with Crippen molar-refractivity contribution in [2.24, 2.45) is 0 Å². The van der Waals surface area contributed by atoms with E-state index >= 15 is 0 Å². The van der Waals surface area contributed by atoms with Crippen LogP contribution in [-0.2, 0) is 11.3 Å². The molecule has 4 nitrogen and oxygen atoms in total. The molecule has 0 spiro atoms. The quantitative estimate of drug-likeness (QED) is 0.844. The Balaban J connectivity index is 1.90. The highest BCUT2D eigenvalue weighted by molar-refractivity contribution is 5.27. The molecule has 1 saturated carbocycles. The highest BCUT2D eigenvalue weighted by atomic mass is 16.5. The van der Waals surface area contributed by atoms with Gasteiger partial charge in [0.25, 0.3) is 0 Å². The Kier molecular flexibility index (Phi) is 5.05. The van der Waals surface area contributed by atoms with Crippen LogP contribution in [0.5, 0.6) is 0 Å². The molecule has 1 fully saturated rings. The van der Waals surface area contributed by atoms with Gasteiger partial charge in [0, 0.05) is 25.0 Å². The monoisotopic (exact) mass is 251 g/mol. The van der Waals surface area contributed by atoms with Crippen LogP contribution >= 0.6 is 0 Å². The topological polar surface area (TPSA) is 39.1 Å². The molecule has 1 aliphatic carbocycles. The summed E-state index contributed by atoms with van der Waals surface area (Å²) in [5, 5.41) is 3.57. The zero-order valence-corrected chi connectivity index (χ0v) is 11.6. The van der Waals surface area contributed by atoms with Gasteiger partial charge in [-0.3, -0.25) is 0 Å². The standard InChI is InChI=1S/C14H25N3O/c1-3-18-12(2)11-17-10-9-15-14(17)16-13-7-5-4-6-8-13/h9-10,12-13H,3-8,11H2,1-2H3,(H,15,16). The lowest BCUT2D eigenvalue weighted by Gasteiger charge is -2.24. The lowest BCUT2D eigenvalue weighted by atomic mass is 9.96. The summed E-state index contributed by atoms with van der Waals surface area (Å²) < 4.78 is 7.75. The average molecular weight is 251 g/mol. The van der Waals surface area contributed by atoms with Gasteiger partial charge < -0.3 is 14.6 Å². The van der Waals surface area contributed by atoms with Gasteiger partial charge in [-0.1, -0.05) is 19.3 Å². The van der Waals surface area contributed by atoms with E-state index in [4.69, 9.17) is 4.74 Å². The second kappa shape index (κ2) is 6.78. The van der Waals surface area contributed by atoms with Crippen molar-refractivity contribution >= 4 is 5.95 Å². The third-order valence-corrected chi connectivity index (χ3v) is 3.56. The summed E-state index contributed by atoms with van der Waals surface area (Å²) in [4.78, 5) is 4.42. The van der Waals surface area contributed by atoms with Crippen molar-refractivity contribution < 1.29 is 4.74 Å². The molecular formula is C14H25N3O. The number of imidazole rings is 1. The van der Waals surface area contributed by atoms with Crippen LogP contribution in [-0.4, -0.2) is 28.3 Å². The van der Waals surface area contributed by atoms with Crippen LogP contribution in [0.1, 0.15) is 46.0 Å². The lowest BCUT2D eigenvalue weighted by molar-refractivity contribution is 0.0644. The number of hydrogen-bond acceptors (Lipinski definition) is 3. The largest absolute Gasteiger partial charge is 0.377 e. The van der Waals surface area contributed by atoms with E-state index in [1.165, 1.54) is 32.1 Å². The minimum atomic E-state index is 0.233. The summed E-state index contributed by atoms with van der Waals surface area (Å²) in [6.45, 7) is 5.77. The molecule has 1 N–H and O–H groups in total. The van der Waals surface area contributed by atoms with Gasteiger partial charge in [0.1, 0.15) is 0 Å². The van der Waals surface area contributed by atoms with Gasteiger partial charge in [-0.2, -0.15) is 0 Å². The van der Waals surface area contributed by atoms with E-state index in [1.807, 2.05) is 19.3 Å². The zero-order valence-electron chi connectivity index (χ0n) is 11.6. The molecule has 1 aliphatic rings. The predicted octanol–water partition coefficient (Wildman–Crippen LogP) is 3.05. The van der Waals surface area contributed by atoms with Gasteiger partial charge in [-0.15, -0.1) is 0 Å². The molecule has 1 aromatic heterocycles. The van der Waals surface area contributed by atoms with Crippen LogP contribution in [0.2, 0.25) is 0 Å². The van der Waals surface area contributed by atoms with E-state index in [-0.39, 0.29) is 6.10 Å². The minimum absolute atomic E-state index is 0.233. The van der Waals surface area contributed by atoms with Crippen molar-refractivity contribution in [3.05, 3.63) is 12.4 Å². The van der Waals surface area contributed by atoms with E-state index < -0.39 is 0 Å². The molecule has 18 heavy (non-hydrogen) atoms. The van der Waals surface area contributed by atoms with E-state index in [0.29, 0.717) is 6.04 Å². The average Bonchev–Trinajstić information content (AvgIpc) is 2.78. The van der Waals surface area contributed by atoms with Crippen molar-refractivity contribution in [1.29, 1.82) is 0 Å². The molecule has 2 rings (SSSR count). The van der Waals surface area contributed by atoms with Crippen molar-refractivity contribution in [2.45, 2.75) is 64.6 Å². The second-order valence-corrected chi connectivity index (χ2v) is 5.15. The Hall–Kier alpha value is -1.03. The molecule has 0 aromatic carbocycles. The Morgan fingerprint density at radius 3 is 2.94 bits per heavy atom. The van der Waals surface area contributed by atoms with Crippen molar-refractivity contribution in [2.75, 3.05) is 11.9 Å². The third-order valence-electron chi connectivity index (χ3n) is 3.56. The summed E-state index contributed by atoms with van der Waals surface area (Å²) >= 11 is 0. The summed E-state index contributed by atoms with van der Waals surface area (Å²) in [7, 11) is 0. The van der Waals surface area contributed by atoms with Gasteiger partial charge in [-0.25, -0.2) is 4.98 Å². The molecule has 4 heteroatoms. The lowest BCUT2D eigenvalue weighted by Crippen LogP contribution is -2.25. The van der Waals surface area contributed by atoms with E-state index in [1.54, 1.807) is 0 Å². The number of rotatable bonds is 6. The SMILES string of the molecule is CCOC(C)Cn1ccnc1NC1CCCCC1. The molecule has 0 bridgehead atoms. The molecule has 1 heterocycles. The number of nitrogens with one attached hydrogen (secondary N) is 1. The number of hydrogen-bond donors (Lipinski definition) is 1. The first-order valence-electron chi connectivity index (χ1n) is 7.19. The van der Waals surface area contributed by atoms with Gasteiger partial charge >= 0.3 is 0 Å². The van der Waals surface area contributed by atoms with Crippen LogP contribution in [0.4, 0.5) is 5.95 Å². The van der Waals surface area contributed by atoms with E-state index in [2.05, 4.69) is 21.8 Å². The van der Waals surface area contributed by atoms with Crippen LogP contribution in [0.15, 0.2) is 12.4 Å². The minimum Gasteiger partial charge on any atom is -0.377 e. The number of anilines is 1. The Labute approximate surface area is 110 Å². The predicted molar refractivity (Wildman–Crippen MR) is 73.8 cm³/mol. The fourth-order valence-electron chi connectivity index (χ4n) is 2.64. The highest BCUT2D eigenvalue weighted by Gasteiger charge is 2.15. The molecule has 0 radical (unpaired) electrons. The number of nitrogens with zero attached hydrogens (tertiary/aromatic N) is 2. The molecule has 0 amide bonds. The first-order valence-corrected chi connectivity index (χ1v) is 7.19. The fraction of sp³-hybridized carbons (Fsp3) is 0.786. The Bertz CT molecular complexity index is 345. The maximum absolute atomic E-state index is 5.58. The Morgan fingerprint density at radius 2 is 2.22 bits per heavy atom.